The third-order valence-electron chi connectivity index (χ3n) is 3.50. The van der Waals surface area contributed by atoms with E-state index in [0.717, 1.165) is 33.6 Å². The lowest BCUT2D eigenvalue weighted by Gasteiger charge is -2.15. The largest absolute Gasteiger partial charge is 0.391 e. The fourth-order valence-corrected chi connectivity index (χ4v) is 3.27. The van der Waals surface area contributed by atoms with E-state index in [1.54, 1.807) is 11.3 Å². The normalized spacial score (nSPS) is 14.6. The molecule has 0 unspecified atom stereocenters. The van der Waals surface area contributed by atoms with E-state index in [9.17, 15) is 5.11 Å². The summed E-state index contributed by atoms with van der Waals surface area (Å²) >= 11 is 1.60. The molecule has 1 aliphatic rings. The highest BCUT2D eigenvalue weighted by Gasteiger charge is 2.29. The molecule has 0 spiro atoms. The highest BCUT2D eigenvalue weighted by Crippen LogP contribution is 2.44. The number of pyridine rings is 1. The molecule has 20 heavy (non-hydrogen) atoms. The number of rotatable bonds is 5. The predicted octanol–water partition coefficient (Wildman–Crippen LogP) is 2.85. The van der Waals surface area contributed by atoms with Crippen LogP contribution in [0.3, 0.4) is 0 Å². The maximum absolute atomic E-state index is 9.46. The summed E-state index contributed by atoms with van der Waals surface area (Å²) in [4.78, 5) is 12.4. The first-order valence-corrected chi connectivity index (χ1v) is 7.73. The van der Waals surface area contributed by atoms with E-state index in [2.05, 4.69) is 9.88 Å². The van der Waals surface area contributed by atoms with E-state index in [-0.39, 0.29) is 6.61 Å². The molecule has 106 valence electrons. The zero-order valence-electron chi connectivity index (χ0n) is 11.8. The van der Waals surface area contributed by atoms with Gasteiger partial charge >= 0.3 is 0 Å². The zero-order valence-corrected chi connectivity index (χ0v) is 12.7. The summed E-state index contributed by atoms with van der Waals surface area (Å²) in [6.45, 7) is 2.84. The third-order valence-corrected chi connectivity index (χ3v) is 4.67. The minimum atomic E-state index is 0.0973. The number of anilines is 1. The summed E-state index contributed by atoms with van der Waals surface area (Å²) in [5.74, 6) is 0.577. The average molecular weight is 289 g/mol. The quantitative estimate of drug-likeness (QED) is 0.919. The standard InChI is InChI=1S/C15H19N3OS/c1-10-4-3-5-12(16-10)8-18(2)15-17-14(11-6-7-11)13(9-19)20-15/h3-5,11,19H,6-9H2,1-2H3. The molecule has 0 radical (unpaired) electrons. The van der Waals surface area contributed by atoms with Gasteiger partial charge in [0.1, 0.15) is 0 Å². The molecule has 0 aromatic carbocycles. The molecule has 2 aromatic heterocycles. The minimum Gasteiger partial charge on any atom is -0.391 e. The van der Waals surface area contributed by atoms with Gasteiger partial charge in [-0.25, -0.2) is 4.98 Å². The number of aryl methyl sites for hydroxylation is 1. The first kappa shape index (κ1) is 13.5. The predicted molar refractivity (Wildman–Crippen MR) is 81.1 cm³/mol. The van der Waals surface area contributed by atoms with E-state index < -0.39 is 0 Å². The van der Waals surface area contributed by atoms with Crippen molar-refractivity contribution in [3.05, 3.63) is 40.2 Å². The molecular formula is C15H19N3OS. The lowest BCUT2D eigenvalue weighted by atomic mass is 10.2. The molecule has 0 amide bonds. The highest BCUT2D eigenvalue weighted by atomic mass is 32.1. The topological polar surface area (TPSA) is 49.2 Å². The lowest BCUT2D eigenvalue weighted by Crippen LogP contribution is -2.17. The molecule has 2 heterocycles. The van der Waals surface area contributed by atoms with Crippen LogP contribution in [0.5, 0.6) is 0 Å². The number of thiazole rings is 1. The van der Waals surface area contributed by atoms with Crippen LogP contribution in [-0.2, 0) is 13.2 Å². The van der Waals surface area contributed by atoms with Gasteiger partial charge in [0, 0.05) is 18.7 Å². The fraction of sp³-hybridized carbons (Fsp3) is 0.467. The van der Waals surface area contributed by atoms with Gasteiger partial charge in [0.2, 0.25) is 0 Å². The van der Waals surface area contributed by atoms with Crippen molar-refractivity contribution in [2.45, 2.75) is 38.8 Å². The molecule has 3 rings (SSSR count). The van der Waals surface area contributed by atoms with Gasteiger partial charge in [-0.15, -0.1) is 0 Å². The van der Waals surface area contributed by atoms with Crippen LogP contribution in [0.1, 0.15) is 40.7 Å². The van der Waals surface area contributed by atoms with E-state index in [1.807, 2.05) is 32.2 Å². The van der Waals surface area contributed by atoms with Crippen LogP contribution in [0.15, 0.2) is 18.2 Å². The Morgan fingerprint density at radius 2 is 2.15 bits per heavy atom. The second-order valence-electron chi connectivity index (χ2n) is 5.36. The molecule has 1 saturated carbocycles. The summed E-state index contributed by atoms with van der Waals surface area (Å²) in [6, 6.07) is 6.07. The number of aliphatic hydroxyl groups is 1. The van der Waals surface area contributed by atoms with Crippen LogP contribution < -0.4 is 4.90 Å². The first-order chi connectivity index (χ1) is 9.67. The van der Waals surface area contributed by atoms with Gasteiger partial charge in [-0.2, -0.15) is 0 Å². The molecule has 0 saturated heterocycles. The summed E-state index contributed by atoms with van der Waals surface area (Å²) in [6.07, 6.45) is 2.42. The molecule has 0 bridgehead atoms. The van der Waals surface area contributed by atoms with Gasteiger partial charge in [-0.05, 0) is 31.9 Å². The summed E-state index contributed by atoms with van der Waals surface area (Å²) in [5, 5.41) is 10.4. The Morgan fingerprint density at radius 3 is 2.80 bits per heavy atom. The molecule has 1 N–H and O–H groups in total. The lowest BCUT2D eigenvalue weighted by molar-refractivity contribution is 0.284. The van der Waals surface area contributed by atoms with E-state index >= 15 is 0 Å². The second-order valence-corrected chi connectivity index (χ2v) is 6.43. The van der Waals surface area contributed by atoms with E-state index in [0.29, 0.717) is 5.92 Å². The number of hydrogen-bond donors (Lipinski definition) is 1. The van der Waals surface area contributed by atoms with Crippen molar-refractivity contribution < 1.29 is 5.11 Å². The van der Waals surface area contributed by atoms with Gasteiger partial charge < -0.3 is 10.0 Å². The number of hydrogen-bond acceptors (Lipinski definition) is 5. The summed E-state index contributed by atoms with van der Waals surface area (Å²) in [5.41, 5.74) is 3.18. The molecule has 2 aromatic rings. The molecule has 4 nitrogen and oxygen atoms in total. The maximum atomic E-state index is 9.46. The Hall–Kier alpha value is -1.46. The van der Waals surface area contributed by atoms with Crippen LogP contribution >= 0.6 is 11.3 Å². The Labute approximate surface area is 123 Å². The van der Waals surface area contributed by atoms with Crippen molar-refractivity contribution >= 4 is 16.5 Å². The second kappa shape index (κ2) is 5.50. The number of aliphatic hydroxyl groups excluding tert-OH is 1. The van der Waals surface area contributed by atoms with Crippen molar-refractivity contribution in [3.63, 3.8) is 0 Å². The van der Waals surface area contributed by atoms with Gasteiger partial charge in [0.25, 0.3) is 0 Å². The monoisotopic (exact) mass is 289 g/mol. The van der Waals surface area contributed by atoms with Gasteiger partial charge in [-0.1, -0.05) is 17.4 Å². The minimum absolute atomic E-state index is 0.0973. The van der Waals surface area contributed by atoms with Gasteiger partial charge in [-0.3, -0.25) is 4.98 Å². The molecule has 1 fully saturated rings. The Balaban J connectivity index is 1.78. The van der Waals surface area contributed by atoms with Crippen molar-refractivity contribution in [3.8, 4) is 0 Å². The molecular weight excluding hydrogens is 270 g/mol. The maximum Gasteiger partial charge on any atom is 0.185 e. The fourth-order valence-electron chi connectivity index (χ4n) is 2.30. The number of aromatic nitrogens is 2. The van der Waals surface area contributed by atoms with Crippen LogP contribution in [0, 0.1) is 6.92 Å². The van der Waals surface area contributed by atoms with Crippen molar-refractivity contribution in [1.82, 2.24) is 9.97 Å². The summed E-state index contributed by atoms with van der Waals surface area (Å²) in [7, 11) is 2.03. The highest BCUT2D eigenvalue weighted by molar-refractivity contribution is 7.15. The first-order valence-electron chi connectivity index (χ1n) is 6.91. The van der Waals surface area contributed by atoms with Crippen LogP contribution in [0.4, 0.5) is 5.13 Å². The Kier molecular flexibility index (Phi) is 3.72. The molecule has 5 heteroatoms. The van der Waals surface area contributed by atoms with Crippen molar-refractivity contribution in [1.29, 1.82) is 0 Å². The molecule has 0 aliphatic heterocycles. The Bertz CT molecular complexity index is 607. The SMILES string of the molecule is Cc1cccc(CN(C)c2nc(C3CC3)c(CO)s2)n1. The Morgan fingerprint density at radius 1 is 1.35 bits per heavy atom. The van der Waals surface area contributed by atoms with E-state index in [1.165, 1.54) is 12.8 Å². The van der Waals surface area contributed by atoms with Crippen LogP contribution in [0.2, 0.25) is 0 Å². The molecule has 1 aliphatic carbocycles. The van der Waals surface area contributed by atoms with E-state index in [4.69, 9.17) is 4.98 Å². The molecule has 0 atom stereocenters. The smallest absolute Gasteiger partial charge is 0.185 e. The summed E-state index contributed by atoms with van der Waals surface area (Å²) < 4.78 is 0. The van der Waals surface area contributed by atoms with Crippen LogP contribution in [0.25, 0.3) is 0 Å². The van der Waals surface area contributed by atoms with Crippen molar-refractivity contribution in [2.24, 2.45) is 0 Å². The van der Waals surface area contributed by atoms with Crippen molar-refractivity contribution in [2.75, 3.05) is 11.9 Å². The third kappa shape index (κ3) is 2.83. The number of nitrogens with zero attached hydrogens (tertiary/aromatic N) is 3. The van der Waals surface area contributed by atoms with Gasteiger partial charge in [0.05, 0.1) is 29.4 Å². The van der Waals surface area contributed by atoms with Gasteiger partial charge in [0.15, 0.2) is 5.13 Å². The average Bonchev–Trinajstić information content (AvgIpc) is 3.17. The van der Waals surface area contributed by atoms with Crippen LogP contribution in [-0.4, -0.2) is 22.1 Å². The zero-order chi connectivity index (χ0) is 14.1.